The number of nitrogens with zero attached hydrogens (tertiary/aromatic N) is 2. The van der Waals surface area contributed by atoms with Crippen LogP contribution in [0.3, 0.4) is 0 Å². The summed E-state index contributed by atoms with van der Waals surface area (Å²) < 4.78 is 13.1. The Balaban J connectivity index is 2.32. The Morgan fingerprint density at radius 2 is 2.22 bits per heavy atom. The second-order valence-corrected chi connectivity index (χ2v) is 4.86. The molecule has 0 radical (unpaired) electrons. The Labute approximate surface area is 109 Å². The first kappa shape index (κ1) is 11.3. The van der Waals surface area contributed by atoms with Gasteiger partial charge in [0.25, 0.3) is 5.56 Å². The normalized spacial score (nSPS) is 11.0. The van der Waals surface area contributed by atoms with Crippen molar-refractivity contribution in [3.8, 4) is 11.1 Å². The first-order valence-electron chi connectivity index (χ1n) is 4.95. The summed E-state index contributed by atoms with van der Waals surface area (Å²) in [4.78, 5) is 12.3. The second kappa shape index (κ2) is 4.15. The fourth-order valence-corrected chi connectivity index (χ4v) is 2.76. The van der Waals surface area contributed by atoms with Crippen molar-refractivity contribution in [1.82, 2.24) is 15.4 Å². The van der Waals surface area contributed by atoms with Crippen LogP contribution in [0.25, 0.3) is 21.3 Å². The van der Waals surface area contributed by atoms with E-state index in [0.29, 0.717) is 21.3 Å². The van der Waals surface area contributed by atoms with Crippen molar-refractivity contribution in [3.63, 3.8) is 0 Å². The molecule has 2 aromatic heterocycles. The predicted octanol–water partition coefficient (Wildman–Crippen LogP) is 2.84. The summed E-state index contributed by atoms with van der Waals surface area (Å²) in [6, 6.07) is 4.32. The summed E-state index contributed by atoms with van der Waals surface area (Å²) >= 11 is 7.04. The number of hydrogen-bond acceptors (Lipinski definition) is 4. The highest BCUT2D eigenvalue weighted by atomic mass is 35.5. The third kappa shape index (κ3) is 1.70. The fraction of sp³-hybridized carbons (Fsp3) is 0. The smallest absolute Gasteiger partial charge is 0.267 e. The highest BCUT2D eigenvalue weighted by Crippen LogP contribution is 2.32. The molecule has 0 atom stereocenters. The van der Waals surface area contributed by atoms with Gasteiger partial charge in [0.05, 0.1) is 10.4 Å². The van der Waals surface area contributed by atoms with Crippen LogP contribution in [0.1, 0.15) is 0 Å². The van der Waals surface area contributed by atoms with E-state index in [-0.39, 0.29) is 10.6 Å². The van der Waals surface area contributed by atoms with Gasteiger partial charge in [0.15, 0.2) is 4.83 Å². The van der Waals surface area contributed by atoms with Crippen LogP contribution in [0.15, 0.2) is 28.4 Å². The molecule has 0 unspecified atom stereocenters. The molecule has 2 heterocycles. The van der Waals surface area contributed by atoms with Gasteiger partial charge in [-0.1, -0.05) is 22.9 Å². The minimum Gasteiger partial charge on any atom is -0.267 e. The molecule has 1 N–H and O–H groups in total. The lowest BCUT2D eigenvalue weighted by molar-refractivity contribution is 0.628. The van der Waals surface area contributed by atoms with Crippen LogP contribution in [0.5, 0.6) is 0 Å². The summed E-state index contributed by atoms with van der Waals surface area (Å²) in [5, 5.41) is 11.8. The number of rotatable bonds is 1. The molecule has 3 aromatic rings. The van der Waals surface area contributed by atoms with Crippen molar-refractivity contribution in [1.29, 1.82) is 0 Å². The van der Waals surface area contributed by atoms with E-state index in [1.54, 1.807) is 11.4 Å². The standard InChI is InChI=1S/C11H5ClFN3OS/c12-7-3-5(1-2-8(7)13)6-4-18-11-9(6)10(17)14-16-15-11/h1-4H,(H,14,15,17). The third-order valence-electron chi connectivity index (χ3n) is 2.52. The van der Waals surface area contributed by atoms with Crippen LogP contribution in [0.4, 0.5) is 4.39 Å². The van der Waals surface area contributed by atoms with Gasteiger partial charge in [-0.2, -0.15) is 0 Å². The van der Waals surface area contributed by atoms with E-state index >= 15 is 0 Å². The van der Waals surface area contributed by atoms with E-state index in [9.17, 15) is 9.18 Å². The number of aromatic nitrogens is 3. The predicted molar refractivity (Wildman–Crippen MR) is 68.4 cm³/mol. The molecule has 0 aliphatic carbocycles. The molecular weight excluding hydrogens is 277 g/mol. The number of hydrogen-bond donors (Lipinski definition) is 1. The summed E-state index contributed by atoms with van der Waals surface area (Å²) in [6.07, 6.45) is 0. The molecule has 90 valence electrons. The molecule has 0 saturated carbocycles. The van der Waals surface area contributed by atoms with Gasteiger partial charge < -0.3 is 0 Å². The Hall–Kier alpha value is -1.79. The van der Waals surface area contributed by atoms with E-state index in [2.05, 4.69) is 15.4 Å². The van der Waals surface area contributed by atoms with E-state index < -0.39 is 5.82 Å². The molecule has 1 aromatic carbocycles. The van der Waals surface area contributed by atoms with E-state index in [1.165, 1.54) is 23.5 Å². The lowest BCUT2D eigenvalue weighted by Crippen LogP contribution is -2.08. The van der Waals surface area contributed by atoms with Crippen molar-refractivity contribution in [3.05, 3.63) is 44.8 Å². The zero-order valence-corrected chi connectivity index (χ0v) is 10.3. The number of thiophene rings is 1. The molecule has 7 heteroatoms. The number of aromatic amines is 1. The summed E-state index contributed by atoms with van der Waals surface area (Å²) in [6.45, 7) is 0. The zero-order valence-electron chi connectivity index (χ0n) is 8.78. The van der Waals surface area contributed by atoms with Crippen molar-refractivity contribution < 1.29 is 4.39 Å². The molecule has 0 amide bonds. The molecule has 0 aliphatic rings. The van der Waals surface area contributed by atoms with Gasteiger partial charge in [-0.15, -0.1) is 16.4 Å². The Bertz CT molecular complexity index is 798. The highest BCUT2D eigenvalue weighted by Gasteiger charge is 2.12. The van der Waals surface area contributed by atoms with Gasteiger partial charge in [-0.25, -0.2) is 9.49 Å². The minimum absolute atomic E-state index is 0.0188. The lowest BCUT2D eigenvalue weighted by Gasteiger charge is -2.00. The number of fused-ring (bicyclic) bond motifs is 1. The van der Waals surface area contributed by atoms with Crippen LogP contribution in [0.2, 0.25) is 5.02 Å². The quantitative estimate of drug-likeness (QED) is 0.746. The van der Waals surface area contributed by atoms with E-state index in [4.69, 9.17) is 11.6 Å². The van der Waals surface area contributed by atoms with Crippen LogP contribution >= 0.6 is 22.9 Å². The van der Waals surface area contributed by atoms with Crippen molar-refractivity contribution >= 4 is 33.2 Å². The molecule has 3 rings (SSSR count). The maximum atomic E-state index is 13.1. The topological polar surface area (TPSA) is 58.6 Å². The van der Waals surface area contributed by atoms with Crippen LogP contribution in [-0.2, 0) is 0 Å². The molecule has 0 fully saturated rings. The Morgan fingerprint density at radius 3 is 3.00 bits per heavy atom. The Morgan fingerprint density at radius 1 is 1.39 bits per heavy atom. The number of halogens is 2. The van der Waals surface area contributed by atoms with Gasteiger partial charge in [0.1, 0.15) is 5.82 Å². The first-order chi connectivity index (χ1) is 8.66. The van der Waals surface area contributed by atoms with Crippen molar-refractivity contribution in [2.24, 2.45) is 0 Å². The minimum atomic E-state index is -0.492. The Kier molecular flexibility index (Phi) is 2.61. The van der Waals surface area contributed by atoms with Gasteiger partial charge in [-0.05, 0) is 17.7 Å². The maximum Gasteiger partial charge on any atom is 0.276 e. The summed E-state index contributed by atoms with van der Waals surface area (Å²) in [7, 11) is 0. The largest absolute Gasteiger partial charge is 0.276 e. The van der Waals surface area contributed by atoms with Crippen LogP contribution in [0, 0.1) is 5.82 Å². The van der Waals surface area contributed by atoms with Gasteiger partial charge in [0.2, 0.25) is 0 Å². The lowest BCUT2D eigenvalue weighted by atomic mass is 10.1. The molecule has 18 heavy (non-hydrogen) atoms. The van der Waals surface area contributed by atoms with Crippen molar-refractivity contribution in [2.75, 3.05) is 0 Å². The number of benzene rings is 1. The fourth-order valence-electron chi connectivity index (χ4n) is 1.69. The van der Waals surface area contributed by atoms with Crippen LogP contribution < -0.4 is 5.56 Å². The molecule has 0 saturated heterocycles. The van der Waals surface area contributed by atoms with Gasteiger partial charge >= 0.3 is 0 Å². The van der Waals surface area contributed by atoms with E-state index in [0.717, 1.165) is 0 Å². The molecular formula is C11H5ClFN3OS. The second-order valence-electron chi connectivity index (χ2n) is 3.60. The molecule has 0 aliphatic heterocycles. The first-order valence-corrected chi connectivity index (χ1v) is 6.20. The average molecular weight is 282 g/mol. The highest BCUT2D eigenvalue weighted by molar-refractivity contribution is 7.17. The van der Waals surface area contributed by atoms with Crippen molar-refractivity contribution in [2.45, 2.75) is 0 Å². The zero-order chi connectivity index (χ0) is 12.7. The monoisotopic (exact) mass is 281 g/mol. The van der Waals surface area contributed by atoms with Gasteiger partial charge in [-0.3, -0.25) is 4.79 Å². The third-order valence-corrected chi connectivity index (χ3v) is 3.67. The molecule has 4 nitrogen and oxygen atoms in total. The van der Waals surface area contributed by atoms with Gasteiger partial charge in [0, 0.05) is 10.9 Å². The van der Waals surface area contributed by atoms with E-state index in [1.807, 2.05) is 0 Å². The summed E-state index contributed by atoms with van der Waals surface area (Å²) in [5.41, 5.74) is 1.02. The number of H-pyrrole nitrogens is 1. The summed E-state index contributed by atoms with van der Waals surface area (Å²) in [5.74, 6) is -0.492. The maximum absolute atomic E-state index is 13.1. The molecule has 0 spiro atoms. The SMILES string of the molecule is O=c1[nH]nnc2scc(-c3ccc(F)c(Cl)c3)c12. The average Bonchev–Trinajstić information content (AvgIpc) is 2.78. The molecule has 0 bridgehead atoms. The van der Waals surface area contributed by atoms with Crippen LogP contribution in [-0.4, -0.2) is 15.4 Å². The number of nitrogens with one attached hydrogen (secondary N) is 1.